The van der Waals surface area contributed by atoms with E-state index in [2.05, 4.69) is 99.0 Å². The van der Waals surface area contributed by atoms with Gasteiger partial charge in [-0.05, 0) is 102 Å². The van der Waals surface area contributed by atoms with Crippen LogP contribution in [-0.4, -0.2) is 74.3 Å². The summed E-state index contributed by atoms with van der Waals surface area (Å²) in [6.07, 6.45) is 86.1. The van der Waals surface area contributed by atoms with Crippen LogP contribution in [0.15, 0.2) is 85.1 Å². The number of unbranched alkanes of at least 4 members (excludes halogenated alkanes) is 37. The van der Waals surface area contributed by atoms with Crippen LogP contribution >= 0.6 is 7.82 Å². The van der Waals surface area contributed by atoms with E-state index in [9.17, 15) is 19.0 Å². The molecule has 0 aromatic heterocycles. The molecule has 10 heteroatoms. The van der Waals surface area contributed by atoms with Crippen molar-refractivity contribution in [2.75, 3.05) is 40.9 Å². The van der Waals surface area contributed by atoms with Crippen molar-refractivity contribution >= 4 is 19.7 Å². The maximum absolute atomic E-state index is 13.6. The van der Waals surface area contributed by atoms with Gasteiger partial charge in [0, 0.05) is 12.8 Å². The van der Waals surface area contributed by atoms with Crippen LogP contribution in [0.25, 0.3) is 0 Å². The summed E-state index contributed by atoms with van der Waals surface area (Å²) >= 11 is 0. The molecule has 0 aliphatic heterocycles. The fourth-order valence-electron chi connectivity index (χ4n) is 10.3. The van der Waals surface area contributed by atoms with Crippen LogP contribution in [-0.2, 0) is 27.9 Å². The third kappa shape index (κ3) is 65.5. The van der Waals surface area contributed by atoms with Gasteiger partial charge >= 0.3 is 13.8 Å². The Kier molecular flexibility index (Phi) is 62.1. The van der Waals surface area contributed by atoms with E-state index in [0.717, 1.165) is 109 Å². The maximum atomic E-state index is 13.6. The van der Waals surface area contributed by atoms with Gasteiger partial charge in [-0.25, -0.2) is 4.57 Å². The van der Waals surface area contributed by atoms with Crippen molar-refractivity contribution in [1.82, 2.24) is 5.32 Å². The molecular formula is C75H138N2O7P+. The fourth-order valence-corrected chi connectivity index (χ4v) is 11.1. The van der Waals surface area contributed by atoms with Gasteiger partial charge in [0.15, 0.2) is 0 Å². The molecule has 0 aromatic carbocycles. The number of nitrogens with one attached hydrogen (secondary N) is 1. The molecule has 0 saturated heterocycles. The number of carbonyl (C=O) groups excluding carboxylic acids is 2. The van der Waals surface area contributed by atoms with Crippen LogP contribution in [0.2, 0.25) is 0 Å². The highest BCUT2D eigenvalue weighted by Gasteiger charge is 2.30. The quantitative estimate of drug-likeness (QED) is 0.0205. The Hall–Kier alpha value is -2.81. The molecular weight excluding hydrogens is 1070 g/mol. The molecule has 0 heterocycles. The van der Waals surface area contributed by atoms with E-state index in [1.165, 1.54) is 186 Å². The predicted octanol–water partition coefficient (Wildman–Crippen LogP) is 22.9. The van der Waals surface area contributed by atoms with Crippen molar-refractivity contribution in [2.24, 2.45) is 0 Å². The van der Waals surface area contributed by atoms with Crippen LogP contribution in [0.3, 0.4) is 0 Å². The zero-order valence-electron chi connectivity index (χ0n) is 56.6. The SMILES string of the molecule is CC/C=C\C/C=C\C/C=C\C/C=C\C/C=C\CCCCCCCC(=O)NC(COP(=O)(O)OCC[N+](C)(C)C)C(/C=C\CCCCCCCCCCC)OC(=O)CCCCCCCCCCCCCCCCCCC/C=C/CCCCCCCC. The first-order chi connectivity index (χ1) is 41.4. The number of nitrogens with zero attached hydrogens (tertiary/aromatic N) is 1. The van der Waals surface area contributed by atoms with Gasteiger partial charge in [-0.2, -0.15) is 0 Å². The molecule has 9 nitrogen and oxygen atoms in total. The van der Waals surface area contributed by atoms with Gasteiger partial charge in [0.2, 0.25) is 5.91 Å². The number of rotatable bonds is 65. The van der Waals surface area contributed by atoms with Crippen molar-refractivity contribution in [1.29, 1.82) is 0 Å². The first-order valence-corrected chi connectivity index (χ1v) is 37.4. The maximum Gasteiger partial charge on any atom is 0.472 e. The zero-order valence-corrected chi connectivity index (χ0v) is 57.5. The number of phosphoric acid groups is 1. The number of quaternary nitrogens is 1. The number of ether oxygens (including phenoxy) is 1. The zero-order chi connectivity index (χ0) is 62.1. The molecule has 2 N–H and O–H groups in total. The minimum Gasteiger partial charge on any atom is -0.456 e. The predicted molar refractivity (Wildman–Crippen MR) is 369 cm³/mol. The number of carbonyl (C=O) groups is 2. The standard InChI is InChI=1S/C75H137N2O7P/c1-7-10-13-16-19-22-25-27-29-31-33-35-36-37-38-39-40-42-44-46-48-50-53-56-59-62-65-68-75(79)84-73(66-63-60-57-54-51-24-21-18-15-12-9-3)72(71-83-85(80,81)82-70-69-77(4,5)6)76-74(78)67-64-61-58-55-52-49-47-45-43-41-34-32-30-28-26-23-20-17-14-11-8-2/h11,14,20,23,27-30,34,41,45,47,63,66,72-73H,7-10,12-13,15-19,21-22,24-26,31-33,35-40,42-44,46,48-62,64-65,67-71H2,1-6H3,(H-,76,78,80,81)/p+1/b14-11-,23-20-,29-27+,30-28-,41-34-,47-45-,66-63-. The van der Waals surface area contributed by atoms with Gasteiger partial charge < -0.3 is 19.4 Å². The van der Waals surface area contributed by atoms with Gasteiger partial charge in [0.05, 0.1) is 33.8 Å². The van der Waals surface area contributed by atoms with Gasteiger partial charge in [0.25, 0.3) is 0 Å². The largest absolute Gasteiger partial charge is 0.472 e. The fraction of sp³-hybridized carbons (Fsp3) is 0.787. The Balaban J connectivity index is 5.01. The lowest BCUT2D eigenvalue weighted by Crippen LogP contribution is -2.47. The van der Waals surface area contributed by atoms with E-state index in [1.54, 1.807) is 0 Å². The van der Waals surface area contributed by atoms with E-state index >= 15 is 0 Å². The second kappa shape index (κ2) is 64.2. The van der Waals surface area contributed by atoms with Crippen LogP contribution in [0.4, 0.5) is 0 Å². The second-order valence-electron chi connectivity index (χ2n) is 25.4. The normalized spacial score (nSPS) is 14.0. The summed E-state index contributed by atoms with van der Waals surface area (Å²) in [5.74, 6) is -0.520. The Morgan fingerprint density at radius 1 is 0.424 bits per heavy atom. The molecule has 0 aromatic rings. The average molecular weight is 1210 g/mol. The summed E-state index contributed by atoms with van der Waals surface area (Å²) in [7, 11) is 1.48. The number of phosphoric ester groups is 1. The highest BCUT2D eigenvalue weighted by molar-refractivity contribution is 7.47. The summed E-state index contributed by atoms with van der Waals surface area (Å²) in [6.45, 7) is 6.90. The molecule has 85 heavy (non-hydrogen) atoms. The molecule has 0 rings (SSSR count). The lowest BCUT2D eigenvalue weighted by atomic mass is 10.0. The number of likely N-dealkylation sites (N-methyl/N-ethyl adjacent to an activating group) is 1. The van der Waals surface area contributed by atoms with E-state index < -0.39 is 20.0 Å². The van der Waals surface area contributed by atoms with Crippen LogP contribution in [0.1, 0.15) is 329 Å². The molecule has 0 saturated carbocycles. The van der Waals surface area contributed by atoms with Gasteiger partial charge in [0.1, 0.15) is 19.3 Å². The van der Waals surface area contributed by atoms with E-state index in [4.69, 9.17) is 13.8 Å². The molecule has 494 valence electrons. The topological polar surface area (TPSA) is 111 Å². The molecule has 0 spiro atoms. The molecule has 0 aliphatic carbocycles. The molecule has 3 unspecified atom stereocenters. The lowest BCUT2D eigenvalue weighted by molar-refractivity contribution is -0.870. The Labute approximate surface area is 526 Å². The first-order valence-electron chi connectivity index (χ1n) is 35.9. The number of hydrogen-bond donors (Lipinski definition) is 2. The number of esters is 1. The third-order valence-electron chi connectivity index (χ3n) is 15.8. The summed E-state index contributed by atoms with van der Waals surface area (Å²) in [6, 6.07) is -0.862. The second-order valence-corrected chi connectivity index (χ2v) is 26.8. The Morgan fingerprint density at radius 3 is 1.14 bits per heavy atom. The number of allylic oxidation sites excluding steroid dienone is 13. The highest BCUT2D eigenvalue weighted by atomic mass is 31.2. The van der Waals surface area contributed by atoms with Crippen molar-refractivity contribution in [3.63, 3.8) is 0 Å². The van der Waals surface area contributed by atoms with Gasteiger partial charge in [-0.1, -0.05) is 299 Å². The molecule has 3 atom stereocenters. The molecule has 0 fully saturated rings. The molecule has 1 amide bonds. The summed E-state index contributed by atoms with van der Waals surface area (Å²) in [5, 5.41) is 3.06. The van der Waals surface area contributed by atoms with Crippen molar-refractivity contribution < 1.29 is 37.3 Å². The summed E-state index contributed by atoms with van der Waals surface area (Å²) in [5.41, 5.74) is 0. The van der Waals surface area contributed by atoms with Gasteiger partial charge in [-0.15, -0.1) is 0 Å². The third-order valence-corrected chi connectivity index (χ3v) is 16.8. The highest BCUT2D eigenvalue weighted by Crippen LogP contribution is 2.43. The van der Waals surface area contributed by atoms with Crippen LogP contribution in [0, 0.1) is 0 Å². The Bertz CT molecular complexity index is 1730. The molecule has 0 bridgehead atoms. The average Bonchev–Trinajstić information content (AvgIpc) is 3.57. The Morgan fingerprint density at radius 2 is 0.753 bits per heavy atom. The summed E-state index contributed by atoms with van der Waals surface area (Å²) < 4.78 is 30.8. The minimum absolute atomic E-state index is 0.0339. The van der Waals surface area contributed by atoms with Crippen molar-refractivity contribution in [3.05, 3.63) is 85.1 Å². The van der Waals surface area contributed by atoms with E-state index in [1.807, 2.05) is 33.3 Å². The number of hydrogen-bond acceptors (Lipinski definition) is 6. The first kappa shape index (κ1) is 82.2. The van der Waals surface area contributed by atoms with E-state index in [-0.39, 0.29) is 31.5 Å². The van der Waals surface area contributed by atoms with Crippen molar-refractivity contribution in [2.45, 2.75) is 341 Å². The summed E-state index contributed by atoms with van der Waals surface area (Å²) in [4.78, 5) is 37.9. The van der Waals surface area contributed by atoms with E-state index in [0.29, 0.717) is 17.4 Å². The lowest BCUT2D eigenvalue weighted by Gasteiger charge is -2.27. The molecule has 0 aliphatic rings. The van der Waals surface area contributed by atoms with Crippen LogP contribution < -0.4 is 5.32 Å². The van der Waals surface area contributed by atoms with Crippen molar-refractivity contribution in [3.8, 4) is 0 Å². The monoisotopic (exact) mass is 1210 g/mol. The number of amides is 1. The van der Waals surface area contributed by atoms with Gasteiger partial charge in [-0.3, -0.25) is 18.6 Å². The molecule has 0 radical (unpaired) electrons. The van der Waals surface area contributed by atoms with Crippen LogP contribution in [0.5, 0.6) is 0 Å². The minimum atomic E-state index is -4.46. The smallest absolute Gasteiger partial charge is 0.456 e.